The maximum absolute atomic E-state index is 14.3. The van der Waals surface area contributed by atoms with Gasteiger partial charge in [0.1, 0.15) is 17.8 Å². The first-order valence-corrected chi connectivity index (χ1v) is 14.2. The summed E-state index contributed by atoms with van der Waals surface area (Å²) in [4.78, 5) is 48.2. The summed E-state index contributed by atoms with van der Waals surface area (Å²) in [6.07, 6.45) is 1.92. The van der Waals surface area contributed by atoms with E-state index in [4.69, 9.17) is 4.42 Å². The van der Waals surface area contributed by atoms with Crippen LogP contribution >= 0.6 is 0 Å². The predicted molar refractivity (Wildman–Crippen MR) is 159 cm³/mol. The molecule has 2 aliphatic heterocycles. The summed E-state index contributed by atoms with van der Waals surface area (Å²) in [5.41, 5.74) is 5.55. The van der Waals surface area contributed by atoms with E-state index in [0.717, 1.165) is 27.7 Å². The minimum Gasteiger partial charge on any atom is -0.467 e. The summed E-state index contributed by atoms with van der Waals surface area (Å²) in [5.74, 6) is 0.226. The van der Waals surface area contributed by atoms with Crippen LogP contribution in [0, 0.1) is 0 Å². The number of imide groups is 1. The quantitative estimate of drug-likeness (QED) is 0.239. The van der Waals surface area contributed by atoms with Crippen molar-refractivity contribution < 1.29 is 18.8 Å². The van der Waals surface area contributed by atoms with Crippen molar-refractivity contribution >= 4 is 34.4 Å². The van der Waals surface area contributed by atoms with Crippen LogP contribution in [-0.4, -0.2) is 33.8 Å². The number of urea groups is 1. The molecule has 3 aromatic carbocycles. The summed E-state index contributed by atoms with van der Waals surface area (Å²) in [6.45, 7) is 4.47. The number of para-hydroxylation sites is 2. The van der Waals surface area contributed by atoms with E-state index in [1.54, 1.807) is 47.6 Å². The van der Waals surface area contributed by atoms with Gasteiger partial charge in [-0.3, -0.25) is 14.5 Å². The van der Waals surface area contributed by atoms with Gasteiger partial charge in [0.05, 0.1) is 24.1 Å². The van der Waals surface area contributed by atoms with E-state index < -0.39 is 24.0 Å². The lowest BCUT2D eigenvalue weighted by Gasteiger charge is -2.36. The highest BCUT2D eigenvalue weighted by Crippen LogP contribution is 2.45. The third-order valence-corrected chi connectivity index (χ3v) is 8.36. The second kappa shape index (κ2) is 10.1. The van der Waals surface area contributed by atoms with Gasteiger partial charge in [-0.25, -0.2) is 9.69 Å². The fourth-order valence-electron chi connectivity index (χ4n) is 6.24. The van der Waals surface area contributed by atoms with Crippen molar-refractivity contribution in [2.24, 2.45) is 0 Å². The molecule has 0 spiro atoms. The largest absolute Gasteiger partial charge is 0.467 e. The molecule has 5 aromatic rings. The zero-order valence-electron chi connectivity index (χ0n) is 23.3. The summed E-state index contributed by atoms with van der Waals surface area (Å²) < 4.78 is 5.33. The Labute approximate surface area is 242 Å². The summed E-state index contributed by atoms with van der Waals surface area (Å²) in [6, 6.07) is 24.9. The number of H-pyrrole nitrogens is 1. The Hall–Kier alpha value is -5.11. The van der Waals surface area contributed by atoms with E-state index in [-0.39, 0.29) is 23.7 Å². The van der Waals surface area contributed by atoms with Gasteiger partial charge in [-0.2, -0.15) is 0 Å². The molecule has 7 rings (SSSR count). The lowest BCUT2D eigenvalue weighted by atomic mass is 9.88. The minimum atomic E-state index is -0.710. The Bertz CT molecular complexity index is 1820. The van der Waals surface area contributed by atoms with Gasteiger partial charge in [0.25, 0.3) is 11.8 Å². The molecule has 1 saturated heterocycles. The van der Waals surface area contributed by atoms with Crippen LogP contribution < -0.4 is 10.2 Å². The third kappa shape index (κ3) is 4.10. The fraction of sp³-hybridized carbons (Fsp3) is 0.206. The van der Waals surface area contributed by atoms with Gasteiger partial charge in [0.2, 0.25) is 0 Å². The van der Waals surface area contributed by atoms with E-state index in [1.807, 2.05) is 30.3 Å². The van der Waals surface area contributed by atoms with Gasteiger partial charge in [-0.15, -0.1) is 0 Å². The molecule has 210 valence electrons. The molecule has 4 heterocycles. The molecule has 0 bridgehead atoms. The molecule has 1 fully saturated rings. The van der Waals surface area contributed by atoms with Crippen molar-refractivity contribution in [3.05, 3.63) is 125 Å². The molecule has 8 heteroatoms. The third-order valence-electron chi connectivity index (χ3n) is 8.36. The Morgan fingerprint density at radius 2 is 1.74 bits per heavy atom. The molecule has 0 aliphatic carbocycles. The summed E-state index contributed by atoms with van der Waals surface area (Å²) >= 11 is 0. The molecule has 2 aliphatic rings. The standard InChI is InChI=1S/C34H30N4O4/c1-20(2)21-13-15-22(16-14-21)31-30-26(24-9-3-5-11-27(24)36-30)18-29-33(40)38(34(41)37(29)31)28-12-6-4-10-25(28)32(39)35-19-23-8-7-17-42-23/h3-17,20,29,31,36H,18-19H2,1-2H3,(H,35,39)/t29-,31?/m1/s1. The lowest BCUT2D eigenvalue weighted by Crippen LogP contribution is -2.44. The first kappa shape index (κ1) is 25.8. The van der Waals surface area contributed by atoms with Crippen LogP contribution in [0.15, 0.2) is 95.6 Å². The van der Waals surface area contributed by atoms with Gasteiger partial charge >= 0.3 is 6.03 Å². The van der Waals surface area contributed by atoms with Crippen LogP contribution in [0.3, 0.4) is 0 Å². The molecule has 1 unspecified atom stereocenters. The van der Waals surface area contributed by atoms with Crippen molar-refractivity contribution in [2.75, 3.05) is 4.90 Å². The number of hydrogen-bond donors (Lipinski definition) is 2. The number of aromatic nitrogens is 1. The van der Waals surface area contributed by atoms with Crippen molar-refractivity contribution in [3.8, 4) is 0 Å². The van der Waals surface area contributed by atoms with E-state index in [0.29, 0.717) is 18.1 Å². The van der Waals surface area contributed by atoms with Crippen LogP contribution in [0.25, 0.3) is 10.9 Å². The van der Waals surface area contributed by atoms with Crippen molar-refractivity contribution in [1.29, 1.82) is 0 Å². The SMILES string of the molecule is CC(C)c1ccc(C2c3[nH]c4ccccc4c3C[C@@H]3C(=O)N(c4ccccc4C(=O)NCc4ccco4)C(=O)N23)cc1. The maximum atomic E-state index is 14.3. The van der Waals surface area contributed by atoms with Crippen LogP contribution in [-0.2, 0) is 17.8 Å². The van der Waals surface area contributed by atoms with Gasteiger partial charge < -0.3 is 14.7 Å². The Balaban J connectivity index is 1.30. The van der Waals surface area contributed by atoms with E-state index >= 15 is 0 Å². The number of fused-ring (bicyclic) bond motifs is 4. The Morgan fingerprint density at radius 1 is 0.976 bits per heavy atom. The van der Waals surface area contributed by atoms with Crippen LogP contribution in [0.2, 0.25) is 0 Å². The first-order chi connectivity index (χ1) is 20.4. The molecule has 2 atom stereocenters. The molecular formula is C34H30N4O4. The van der Waals surface area contributed by atoms with E-state index in [1.165, 1.54) is 10.5 Å². The zero-order valence-corrected chi connectivity index (χ0v) is 23.3. The van der Waals surface area contributed by atoms with Crippen molar-refractivity contribution in [3.63, 3.8) is 0 Å². The van der Waals surface area contributed by atoms with Crippen LogP contribution in [0.1, 0.15) is 64.3 Å². The average molecular weight is 559 g/mol. The Morgan fingerprint density at radius 3 is 2.50 bits per heavy atom. The lowest BCUT2D eigenvalue weighted by molar-refractivity contribution is -0.120. The van der Waals surface area contributed by atoms with E-state index in [2.05, 4.69) is 42.3 Å². The molecule has 2 N–H and O–H groups in total. The van der Waals surface area contributed by atoms with Crippen molar-refractivity contribution in [2.45, 2.75) is 44.8 Å². The number of carbonyl (C=O) groups is 3. The number of anilines is 1. The number of aromatic amines is 1. The first-order valence-electron chi connectivity index (χ1n) is 14.2. The average Bonchev–Trinajstić information content (AvgIpc) is 3.72. The molecule has 0 radical (unpaired) electrons. The maximum Gasteiger partial charge on any atom is 0.332 e. The fourth-order valence-corrected chi connectivity index (χ4v) is 6.24. The summed E-state index contributed by atoms with van der Waals surface area (Å²) in [5, 5.41) is 3.88. The number of nitrogens with one attached hydrogen (secondary N) is 2. The smallest absolute Gasteiger partial charge is 0.332 e. The molecule has 4 amide bonds. The second-order valence-electron chi connectivity index (χ2n) is 11.1. The van der Waals surface area contributed by atoms with Gasteiger partial charge in [-0.05, 0) is 52.9 Å². The van der Waals surface area contributed by atoms with Gasteiger partial charge in [0.15, 0.2) is 0 Å². The van der Waals surface area contributed by atoms with Gasteiger partial charge in [0, 0.05) is 23.0 Å². The predicted octanol–water partition coefficient (Wildman–Crippen LogP) is 6.30. The van der Waals surface area contributed by atoms with E-state index in [9.17, 15) is 14.4 Å². The second-order valence-corrected chi connectivity index (χ2v) is 11.1. The van der Waals surface area contributed by atoms with Gasteiger partial charge in [-0.1, -0.05) is 68.4 Å². The normalized spacial score (nSPS) is 18.1. The minimum absolute atomic E-state index is 0.187. The molecular weight excluding hydrogens is 528 g/mol. The molecule has 2 aromatic heterocycles. The van der Waals surface area contributed by atoms with Crippen LogP contribution in [0.5, 0.6) is 0 Å². The number of hydrogen-bond acceptors (Lipinski definition) is 4. The highest BCUT2D eigenvalue weighted by atomic mass is 16.3. The molecule has 0 saturated carbocycles. The number of rotatable bonds is 6. The monoisotopic (exact) mass is 558 g/mol. The topological polar surface area (TPSA) is 98.6 Å². The molecule has 8 nitrogen and oxygen atoms in total. The number of carbonyl (C=O) groups excluding carboxylic acids is 3. The molecule has 42 heavy (non-hydrogen) atoms. The van der Waals surface area contributed by atoms with Crippen molar-refractivity contribution in [1.82, 2.24) is 15.2 Å². The number of amides is 4. The zero-order chi connectivity index (χ0) is 29.0. The Kier molecular flexibility index (Phi) is 6.19. The highest BCUT2D eigenvalue weighted by molar-refractivity contribution is 6.24. The van der Waals surface area contributed by atoms with Crippen LogP contribution in [0.4, 0.5) is 10.5 Å². The number of nitrogens with zero attached hydrogens (tertiary/aromatic N) is 2. The summed E-state index contributed by atoms with van der Waals surface area (Å²) in [7, 11) is 0. The number of benzene rings is 3. The highest BCUT2D eigenvalue weighted by Gasteiger charge is 2.53. The number of furan rings is 1.